The molecule has 0 amide bonds. The summed E-state index contributed by atoms with van der Waals surface area (Å²) in [4.78, 5) is 23.7. The Hall–Kier alpha value is -3.21. The van der Waals surface area contributed by atoms with E-state index in [9.17, 15) is 4.79 Å². The Labute approximate surface area is 165 Å². The van der Waals surface area contributed by atoms with Crippen LogP contribution in [0.4, 0.5) is 5.82 Å². The van der Waals surface area contributed by atoms with E-state index in [1.54, 1.807) is 37.7 Å². The number of pyridine rings is 2. The Morgan fingerprint density at radius 1 is 1.14 bits per heavy atom. The molecule has 0 spiro atoms. The van der Waals surface area contributed by atoms with Crippen molar-refractivity contribution in [2.24, 2.45) is 0 Å². The zero-order valence-corrected chi connectivity index (χ0v) is 15.9. The Kier molecular flexibility index (Phi) is 5.33. The molecule has 1 fully saturated rings. The molecular formula is C23H23N3O2. The highest BCUT2D eigenvalue weighted by atomic mass is 16.5. The van der Waals surface area contributed by atoms with Crippen LogP contribution in [0.1, 0.15) is 40.4 Å². The zero-order valence-electron chi connectivity index (χ0n) is 15.9. The normalized spacial score (nSPS) is 16.6. The monoisotopic (exact) mass is 373 g/mol. The molecule has 1 aromatic carbocycles. The number of aromatic nitrogens is 2. The molecule has 5 nitrogen and oxygen atoms in total. The molecule has 1 unspecified atom stereocenters. The van der Waals surface area contributed by atoms with Gasteiger partial charge in [-0.2, -0.15) is 0 Å². The SMILES string of the molecule is COc1cccc(C2CCCN(c3cccc(C(=O)c4cccnc4)n3)C2)c1. The lowest BCUT2D eigenvalue weighted by atomic mass is 9.90. The van der Waals surface area contributed by atoms with Gasteiger partial charge >= 0.3 is 0 Å². The smallest absolute Gasteiger partial charge is 0.212 e. The van der Waals surface area contributed by atoms with Crippen molar-refractivity contribution in [2.75, 3.05) is 25.1 Å². The lowest BCUT2D eigenvalue weighted by molar-refractivity contribution is 0.103. The number of methoxy groups -OCH3 is 1. The minimum Gasteiger partial charge on any atom is -0.497 e. The number of anilines is 1. The van der Waals surface area contributed by atoms with Crippen LogP contribution < -0.4 is 9.64 Å². The van der Waals surface area contributed by atoms with Gasteiger partial charge in [0.1, 0.15) is 17.3 Å². The first-order valence-electron chi connectivity index (χ1n) is 9.55. The second-order valence-electron chi connectivity index (χ2n) is 7.01. The highest BCUT2D eigenvalue weighted by molar-refractivity contribution is 6.07. The van der Waals surface area contributed by atoms with Crippen molar-refractivity contribution in [3.63, 3.8) is 0 Å². The molecule has 142 valence electrons. The fourth-order valence-electron chi connectivity index (χ4n) is 3.72. The molecule has 0 N–H and O–H groups in total. The molecule has 1 saturated heterocycles. The van der Waals surface area contributed by atoms with Crippen LogP contribution in [-0.4, -0.2) is 36.0 Å². The first-order chi connectivity index (χ1) is 13.7. The maximum atomic E-state index is 12.7. The van der Waals surface area contributed by atoms with Crippen LogP contribution in [0.25, 0.3) is 0 Å². The van der Waals surface area contributed by atoms with E-state index < -0.39 is 0 Å². The molecule has 0 bridgehead atoms. The van der Waals surface area contributed by atoms with Gasteiger partial charge in [-0.1, -0.05) is 18.2 Å². The molecule has 1 atom stereocenters. The molecule has 5 heteroatoms. The molecule has 1 aliphatic rings. The lowest BCUT2D eigenvalue weighted by Gasteiger charge is -2.34. The molecular weight excluding hydrogens is 350 g/mol. The van der Waals surface area contributed by atoms with Gasteiger partial charge in [0.25, 0.3) is 0 Å². The number of benzene rings is 1. The predicted octanol–water partition coefficient (Wildman–Crippen LogP) is 4.10. The van der Waals surface area contributed by atoms with Gasteiger partial charge in [-0.25, -0.2) is 4.98 Å². The summed E-state index contributed by atoms with van der Waals surface area (Å²) in [6.45, 7) is 1.82. The third-order valence-corrected chi connectivity index (χ3v) is 5.20. The van der Waals surface area contributed by atoms with Gasteiger partial charge in [-0.15, -0.1) is 0 Å². The third kappa shape index (κ3) is 3.88. The van der Waals surface area contributed by atoms with Crippen LogP contribution in [0.15, 0.2) is 67.0 Å². The van der Waals surface area contributed by atoms with Crippen LogP contribution in [0.3, 0.4) is 0 Å². The van der Waals surface area contributed by atoms with Crippen LogP contribution >= 0.6 is 0 Å². The van der Waals surface area contributed by atoms with Crippen LogP contribution in [-0.2, 0) is 0 Å². The summed E-state index contributed by atoms with van der Waals surface area (Å²) in [6.07, 6.45) is 5.46. The molecule has 0 saturated carbocycles. The van der Waals surface area contributed by atoms with E-state index in [1.807, 2.05) is 24.3 Å². The van der Waals surface area contributed by atoms with Gasteiger partial charge in [0.05, 0.1) is 7.11 Å². The summed E-state index contributed by atoms with van der Waals surface area (Å²) in [6, 6.07) is 17.5. The van der Waals surface area contributed by atoms with Crippen molar-refractivity contribution < 1.29 is 9.53 Å². The summed E-state index contributed by atoms with van der Waals surface area (Å²) >= 11 is 0. The van der Waals surface area contributed by atoms with Crippen molar-refractivity contribution in [2.45, 2.75) is 18.8 Å². The van der Waals surface area contributed by atoms with Gasteiger partial charge in [-0.05, 0) is 54.8 Å². The fourth-order valence-corrected chi connectivity index (χ4v) is 3.72. The van der Waals surface area contributed by atoms with Gasteiger partial charge in [0.2, 0.25) is 5.78 Å². The van der Waals surface area contributed by atoms with Crippen LogP contribution in [0.5, 0.6) is 5.75 Å². The second kappa shape index (κ2) is 8.21. The summed E-state index contributed by atoms with van der Waals surface area (Å²) in [7, 11) is 1.70. The second-order valence-corrected chi connectivity index (χ2v) is 7.01. The number of nitrogens with zero attached hydrogens (tertiary/aromatic N) is 3. The maximum absolute atomic E-state index is 12.7. The molecule has 0 aliphatic carbocycles. The van der Waals surface area contributed by atoms with Crippen LogP contribution in [0.2, 0.25) is 0 Å². The van der Waals surface area contributed by atoms with Crippen molar-refractivity contribution in [3.8, 4) is 5.75 Å². The number of piperidine rings is 1. The molecule has 4 rings (SSSR count). The van der Waals surface area contributed by atoms with Gasteiger partial charge in [0, 0.05) is 37.0 Å². The van der Waals surface area contributed by atoms with E-state index >= 15 is 0 Å². The largest absolute Gasteiger partial charge is 0.497 e. The lowest BCUT2D eigenvalue weighted by Crippen LogP contribution is -2.35. The third-order valence-electron chi connectivity index (χ3n) is 5.20. The van der Waals surface area contributed by atoms with Crippen molar-refractivity contribution in [1.29, 1.82) is 0 Å². The number of rotatable bonds is 5. The standard InChI is InChI=1S/C23H23N3O2/c1-28-20-9-2-6-17(14-20)19-8-5-13-26(16-19)22-11-3-10-21(25-22)23(27)18-7-4-12-24-15-18/h2-4,6-7,9-12,14-15,19H,5,8,13,16H2,1H3. The quantitative estimate of drug-likeness (QED) is 0.630. The van der Waals surface area contributed by atoms with E-state index in [4.69, 9.17) is 4.74 Å². The Bertz CT molecular complexity index is 959. The van der Waals surface area contributed by atoms with E-state index in [0.717, 1.165) is 37.5 Å². The van der Waals surface area contributed by atoms with Crippen molar-refractivity contribution >= 4 is 11.6 Å². The Balaban J connectivity index is 1.55. The Morgan fingerprint density at radius 3 is 2.86 bits per heavy atom. The highest BCUT2D eigenvalue weighted by Crippen LogP contribution is 2.31. The Morgan fingerprint density at radius 2 is 2.04 bits per heavy atom. The predicted molar refractivity (Wildman–Crippen MR) is 109 cm³/mol. The number of ether oxygens (including phenoxy) is 1. The molecule has 1 aliphatic heterocycles. The minimum absolute atomic E-state index is 0.101. The summed E-state index contributed by atoms with van der Waals surface area (Å²) in [5.41, 5.74) is 2.29. The van der Waals surface area contributed by atoms with Crippen molar-refractivity contribution in [1.82, 2.24) is 9.97 Å². The number of hydrogen-bond acceptors (Lipinski definition) is 5. The number of carbonyl (C=O) groups excluding carboxylic acids is 1. The first-order valence-corrected chi connectivity index (χ1v) is 9.55. The minimum atomic E-state index is -0.101. The maximum Gasteiger partial charge on any atom is 0.212 e. The molecule has 3 aromatic rings. The summed E-state index contributed by atoms with van der Waals surface area (Å²) in [5.74, 6) is 2.05. The first kappa shape index (κ1) is 18.2. The molecule has 2 aromatic heterocycles. The molecule has 3 heterocycles. The fraction of sp³-hybridized carbons (Fsp3) is 0.261. The average Bonchev–Trinajstić information content (AvgIpc) is 2.79. The van der Waals surface area contributed by atoms with Gasteiger partial charge in [-0.3, -0.25) is 9.78 Å². The number of carbonyl (C=O) groups is 1. The van der Waals surface area contributed by atoms with E-state index in [1.165, 1.54) is 5.56 Å². The van der Waals surface area contributed by atoms with Gasteiger partial charge < -0.3 is 9.64 Å². The van der Waals surface area contributed by atoms with Crippen LogP contribution in [0, 0.1) is 0 Å². The summed E-state index contributed by atoms with van der Waals surface area (Å²) < 4.78 is 5.37. The molecule has 28 heavy (non-hydrogen) atoms. The topological polar surface area (TPSA) is 55.3 Å². The number of hydrogen-bond donors (Lipinski definition) is 0. The molecule has 0 radical (unpaired) electrons. The van der Waals surface area contributed by atoms with E-state index in [-0.39, 0.29) is 5.78 Å². The highest BCUT2D eigenvalue weighted by Gasteiger charge is 2.23. The zero-order chi connectivity index (χ0) is 19.3. The average molecular weight is 373 g/mol. The van der Waals surface area contributed by atoms with E-state index in [2.05, 4.69) is 27.0 Å². The van der Waals surface area contributed by atoms with Gasteiger partial charge in [0.15, 0.2) is 0 Å². The summed E-state index contributed by atoms with van der Waals surface area (Å²) in [5, 5.41) is 0. The number of ketones is 1. The van der Waals surface area contributed by atoms with E-state index in [0.29, 0.717) is 17.2 Å². The van der Waals surface area contributed by atoms with Crippen molar-refractivity contribution in [3.05, 3.63) is 83.8 Å².